The number of nitrogens with two attached hydrogens (primary N) is 1. The third-order valence-electron chi connectivity index (χ3n) is 5.03. The Morgan fingerprint density at radius 1 is 1.19 bits per heavy atom. The van der Waals surface area contributed by atoms with Crippen molar-refractivity contribution in [1.82, 2.24) is 9.80 Å². The van der Waals surface area contributed by atoms with Crippen LogP contribution in [-0.4, -0.2) is 55.8 Å². The Morgan fingerprint density at radius 2 is 1.81 bits per heavy atom. The molecule has 0 spiro atoms. The summed E-state index contributed by atoms with van der Waals surface area (Å²) in [6.07, 6.45) is 6.06. The molecule has 0 amide bonds. The third-order valence-corrected chi connectivity index (χ3v) is 5.78. The van der Waals surface area contributed by atoms with Crippen LogP contribution in [-0.2, 0) is 0 Å². The van der Waals surface area contributed by atoms with Gasteiger partial charge >= 0.3 is 0 Å². The maximum Gasteiger partial charge on any atom is 0.0468 e. The molecule has 1 atom stereocenters. The van der Waals surface area contributed by atoms with Gasteiger partial charge in [-0.25, -0.2) is 0 Å². The predicted molar refractivity (Wildman–Crippen MR) is 92.9 cm³/mol. The Balaban J connectivity index is 2.08. The van der Waals surface area contributed by atoms with Gasteiger partial charge in [-0.1, -0.05) is 12.1 Å². The molecule has 0 aromatic heterocycles. The minimum atomic E-state index is 0.304. The monoisotopic (exact) mass is 307 g/mol. The number of likely N-dealkylation sites (N-methyl/N-ethyl adjacent to an activating group) is 2. The van der Waals surface area contributed by atoms with Gasteiger partial charge in [0.2, 0.25) is 0 Å². The van der Waals surface area contributed by atoms with E-state index in [1.165, 1.54) is 29.7 Å². The third kappa shape index (κ3) is 3.62. The highest BCUT2D eigenvalue weighted by molar-refractivity contribution is 7.98. The number of hydrogen-bond donors (Lipinski definition) is 1. The van der Waals surface area contributed by atoms with Gasteiger partial charge in [0.25, 0.3) is 0 Å². The maximum atomic E-state index is 6.07. The zero-order valence-electron chi connectivity index (χ0n) is 13.8. The standard InChI is InChI=1S/C17H29N3S/c1-19(2)17(10-5-11-17)13-20(3)16(12-18)14-6-8-15(21-4)9-7-14/h6-9,16H,5,10-13,18H2,1-4H3. The van der Waals surface area contributed by atoms with E-state index in [4.69, 9.17) is 5.73 Å². The molecule has 0 bridgehead atoms. The van der Waals surface area contributed by atoms with Crippen molar-refractivity contribution < 1.29 is 0 Å². The number of benzene rings is 1. The Kier molecular flexibility index (Phi) is 5.72. The summed E-state index contributed by atoms with van der Waals surface area (Å²) in [5, 5.41) is 0. The van der Waals surface area contributed by atoms with E-state index in [9.17, 15) is 0 Å². The highest BCUT2D eigenvalue weighted by Crippen LogP contribution is 2.38. The highest BCUT2D eigenvalue weighted by Gasteiger charge is 2.40. The van der Waals surface area contributed by atoms with Crippen LogP contribution in [0.5, 0.6) is 0 Å². The molecular formula is C17H29N3S. The molecule has 118 valence electrons. The lowest BCUT2D eigenvalue weighted by molar-refractivity contribution is 0.0168. The Labute approximate surface area is 133 Å². The molecule has 0 saturated heterocycles. The fourth-order valence-electron chi connectivity index (χ4n) is 3.30. The van der Waals surface area contributed by atoms with Crippen molar-refractivity contribution in [2.75, 3.05) is 40.5 Å². The van der Waals surface area contributed by atoms with E-state index < -0.39 is 0 Å². The van der Waals surface area contributed by atoms with Crippen LogP contribution in [0.2, 0.25) is 0 Å². The van der Waals surface area contributed by atoms with Crippen molar-refractivity contribution in [1.29, 1.82) is 0 Å². The molecule has 21 heavy (non-hydrogen) atoms. The van der Waals surface area contributed by atoms with Crippen molar-refractivity contribution in [3.63, 3.8) is 0 Å². The van der Waals surface area contributed by atoms with Gasteiger partial charge in [0.15, 0.2) is 0 Å². The lowest BCUT2D eigenvalue weighted by Crippen LogP contribution is -2.57. The number of thioether (sulfide) groups is 1. The minimum Gasteiger partial charge on any atom is -0.329 e. The molecule has 0 heterocycles. The van der Waals surface area contributed by atoms with Crippen LogP contribution in [0.4, 0.5) is 0 Å². The predicted octanol–water partition coefficient (Wildman–Crippen LogP) is 2.82. The highest BCUT2D eigenvalue weighted by atomic mass is 32.2. The van der Waals surface area contributed by atoms with Gasteiger partial charge in [0, 0.05) is 29.6 Å². The molecule has 1 aliphatic carbocycles. The van der Waals surface area contributed by atoms with Crippen LogP contribution in [0, 0.1) is 0 Å². The maximum absolute atomic E-state index is 6.07. The topological polar surface area (TPSA) is 32.5 Å². The molecule has 1 aliphatic rings. The van der Waals surface area contributed by atoms with E-state index in [2.05, 4.69) is 61.5 Å². The van der Waals surface area contributed by atoms with Gasteiger partial charge in [-0.05, 0) is 64.4 Å². The number of rotatable bonds is 7. The summed E-state index contributed by atoms with van der Waals surface area (Å²) < 4.78 is 0. The molecule has 1 fully saturated rings. The zero-order valence-corrected chi connectivity index (χ0v) is 14.6. The second-order valence-electron chi connectivity index (χ2n) is 6.41. The largest absolute Gasteiger partial charge is 0.329 e. The van der Waals surface area contributed by atoms with Gasteiger partial charge in [-0.3, -0.25) is 4.90 Å². The minimum absolute atomic E-state index is 0.304. The van der Waals surface area contributed by atoms with E-state index in [1.807, 2.05) is 0 Å². The van der Waals surface area contributed by atoms with Crippen LogP contribution in [0.1, 0.15) is 30.9 Å². The molecule has 2 N–H and O–H groups in total. The van der Waals surface area contributed by atoms with Gasteiger partial charge in [0.1, 0.15) is 0 Å². The van der Waals surface area contributed by atoms with Crippen LogP contribution >= 0.6 is 11.8 Å². The van der Waals surface area contributed by atoms with Crippen molar-refractivity contribution in [3.8, 4) is 0 Å². The van der Waals surface area contributed by atoms with Crippen LogP contribution in [0.3, 0.4) is 0 Å². The lowest BCUT2D eigenvalue weighted by atomic mass is 9.75. The van der Waals surface area contributed by atoms with Crippen molar-refractivity contribution in [3.05, 3.63) is 29.8 Å². The smallest absolute Gasteiger partial charge is 0.0468 e. The van der Waals surface area contributed by atoms with Crippen LogP contribution in [0.25, 0.3) is 0 Å². The first kappa shape index (κ1) is 16.8. The quantitative estimate of drug-likeness (QED) is 0.785. The molecule has 0 radical (unpaired) electrons. The molecule has 2 rings (SSSR count). The average Bonchev–Trinajstić information content (AvgIpc) is 2.44. The van der Waals surface area contributed by atoms with Crippen LogP contribution < -0.4 is 5.73 Å². The van der Waals surface area contributed by atoms with Gasteiger partial charge in [-0.15, -0.1) is 11.8 Å². The lowest BCUT2D eigenvalue weighted by Gasteiger charge is -2.50. The zero-order chi connectivity index (χ0) is 15.5. The van der Waals surface area contributed by atoms with Crippen LogP contribution in [0.15, 0.2) is 29.2 Å². The fourth-order valence-corrected chi connectivity index (χ4v) is 3.71. The molecule has 3 nitrogen and oxygen atoms in total. The molecule has 1 unspecified atom stereocenters. The summed E-state index contributed by atoms with van der Waals surface area (Å²) in [6.45, 7) is 1.75. The SMILES string of the molecule is CSc1ccc(C(CN)N(C)CC2(N(C)C)CCC2)cc1. The van der Waals surface area contributed by atoms with Gasteiger partial charge in [0.05, 0.1) is 0 Å². The fraction of sp³-hybridized carbons (Fsp3) is 0.647. The van der Waals surface area contributed by atoms with E-state index in [1.54, 1.807) is 11.8 Å². The second-order valence-corrected chi connectivity index (χ2v) is 7.29. The molecule has 4 heteroatoms. The Morgan fingerprint density at radius 3 is 2.19 bits per heavy atom. The summed E-state index contributed by atoms with van der Waals surface area (Å²) in [4.78, 5) is 6.14. The van der Waals surface area contributed by atoms with Gasteiger partial charge < -0.3 is 10.6 Å². The Bertz CT molecular complexity index is 440. The average molecular weight is 308 g/mol. The Hall–Kier alpha value is -0.550. The summed E-state index contributed by atoms with van der Waals surface area (Å²) in [5.74, 6) is 0. The summed E-state index contributed by atoms with van der Waals surface area (Å²) in [7, 11) is 6.62. The van der Waals surface area contributed by atoms with E-state index >= 15 is 0 Å². The molecule has 0 aliphatic heterocycles. The first-order chi connectivity index (χ1) is 10.0. The molecule has 1 saturated carbocycles. The normalized spacial score (nSPS) is 18.8. The van der Waals surface area contributed by atoms with Crippen molar-refractivity contribution >= 4 is 11.8 Å². The van der Waals surface area contributed by atoms with Gasteiger partial charge in [-0.2, -0.15) is 0 Å². The molecular weight excluding hydrogens is 278 g/mol. The second kappa shape index (κ2) is 7.14. The van der Waals surface area contributed by atoms with E-state index in [-0.39, 0.29) is 0 Å². The number of hydrogen-bond acceptors (Lipinski definition) is 4. The number of nitrogens with zero attached hydrogens (tertiary/aromatic N) is 2. The summed E-state index contributed by atoms with van der Waals surface area (Å²) in [6, 6.07) is 9.15. The summed E-state index contributed by atoms with van der Waals surface area (Å²) >= 11 is 1.78. The van der Waals surface area contributed by atoms with Crippen molar-refractivity contribution in [2.24, 2.45) is 5.73 Å². The molecule has 1 aromatic rings. The van der Waals surface area contributed by atoms with Crippen molar-refractivity contribution in [2.45, 2.75) is 35.7 Å². The van der Waals surface area contributed by atoms with E-state index in [0.717, 1.165) is 6.54 Å². The first-order valence-electron chi connectivity index (χ1n) is 7.74. The molecule has 1 aromatic carbocycles. The van der Waals surface area contributed by atoms with E-state index in [0.29, 0.717) is 18.1 Å². The summed E-state index contributed by atoms with van der Waals surface area (Å²) in [5.41, 5.74) is 7.74. The first-order valence-corrected chi connectivity index (χ1v) is 8.96.